The summed E-state index contributed by atoms with van der Waals surface area (Å²) in [5, 5.41) is 9.99. The average molecular weight is 863 g/mol. The second-order valence-electron chi connectivity index (χ2n) is 20.0. The van der Waals surface area contributed by atoms with Crippen LogP contribution in [-0.2, 0) is 29.3 Å². The number of anilines is 1. The van der Waals surface area contributed by atoms with Crippen molar-refractivity contribution in [2.24, 2.45) is 0 Å². The Kier molecular flexibility index (Phi) is 13.2. The number of hydrogen-bond donors (Lipinski definition) is 2. The second-order valence-corrected chi connectivity index (χ2v) is 31.2. The van der Waals surface area contributed by atoms with Gasteiger partial charge in [0.25, 0.3) is 5.91 Å². The molecular formula is C43H66N8O7Si2. The smallest absolute Gasteiger partial charge is 0.410 e. The molecule has 17 heteroatoms. The lowest BCUT2D eigenvalue weighted by atomic mass is 9.85. The Labute approximate surface area is 357 Å². The SMILES string of the molecule is C=C(OCC)c1c([C@H]2C[C@H]3CC[C@@H](C2)N3C(=O)OC(C)(C)C)nc2c(-c3ccc(C4(C)NC(=O)NC4=O)nc3)cnn2c1N(COCC[Si](C)(C)C)COCC[Si](C)(C)C. The molecule has 6 heterocycles. The van der Waals surface area contributed by atoms with Crippen molar-refractivity contribution in [3.05, 3.63) is 48.1 Å². The van der Waals surface area contributed by atoms with Crippen LogP contribution in [0.25, 0.3) is 22.5 Å². The number of piperidine rings is 1. The number of fused-ring (bicyclic) bond motifs is 3. The number of amides is 4. The Morgan fingerprint density at radius 3 is 2.10 bits per heavy atom. The molecule has 60 heavy (non-hydrogen) atoms. The molecule has 328 valence electrons. The average Bonchev–Trinajstić information content (AvgIpc) is 3.78. The Balaban J connectivity index is 1.49. The maximum atomic E-state index is 13.6. The third-order valence-electron chi connectivity index (χ3n) is 11.4. The van der Waals surface area contributed by atoms with Gasteiger partial charge in [0, 0.05) is 64.7 Å². The Morgan fingerprint density at radius 2 is 1.60 bits per heavy atom. The van der Waals surface area contributed by atoms with Crippen LogP contribution in [0, 0.1) is 0 Å². The fourth-order valence-corrected chi connectivity index (χ4v) is 9.66. The molecule has 3 aliphatic rings. The van der Waals surface area contributed by atoms with Crippen molar-refractivity contribution >= 4 is 51.4 Å². The van der Waals surface area contributed by atoms with E-state index in [-0.39, 0.29) is 37.6 Å². The van der Waals surface area contributed by atoms with Crippen LogP contribution >= 0.6 is 0 Å². The van der Waals surface area contributed by atoms with Crippen molar-refractivity contribution in [2.45, 2.75) is 141 Å². The molecule has 2 bridgehead atoms. The number of rotatable bonds is 17. The number of carbonyl (C=O) groups is 3. The molecule has 1 unspecified atom stereocenters. The highest BCUT2D eigenvalue weighted by molar-refractivity contribution is 6.76. The van der Waals surface area contributed by atoms with E-state index in [0.29, 0.717) is 55.6 Å². The standard InChI is InChI=1S/C43H66N8O7Si2/c1-13-57-28(2)35-36(30-22-31-15-16-32(23-30)50(31)41(54)58-42(3,4)5)46-37-33(29-14-17-34(44-24-29)43(6)39(52)47-40(53)48-43)25-45-51(37)38(35)49(26-55-18-20-59(7,8)9)27-56-19-21-60(10,11)12/h14,17,24-25,30-32H,2,13,15-16,18-23,26-27H2,1,3-12H3,(H2,47,48,52,53)/t30-,31+,32-,43?. The summed E-state index contributed by atoms with van der Waals surface area (Å²) in [5.74, 6) is 0.659. The highest BCUT2D eigenvalue weighted by Crippen LogP contribution is 2.47. The third kappa shape index (κ3) is 10.2. The van der Waals surface area contributed by atoms with Crippen molar-refractivity contribution in [3.63, 3.8) is 0 Å². The van der Waals surface area contributed by atoms with E-state index in [2.05, 4.69) is 66.4 Å². The molecule has 0 saturated carbocycles. The van der Waals surface area contributed by atoms with E-state index >= 15 is 0 Å². The fraction of sp³-hybridized carbons (Fsp3) is 0.628. The summed E-state index contributed by atoms with van der Waals surface area (Å²) in [6.07, 6.45) is 6.33. The first-order valence-electron chi connectivity index (χ1n) is 21.3. The quantitative estimate of drug-likeness (QED) is 0.0446. The lowest BCUT2D eigenvalue weighted by Crippen LogP contribution is -2.48. The molecule has 6 rings (SSSR count). The molecule has 3 aromatic heterocycles. The normalized spacial score (nSPS) is 21.9. The summed E-state index contributed by atoms with van der Waals surface area (Å²) in [6.45, 7) is 29.9. The molecule has 4 amide bonds. The molecule has 3 aromatic rings. The molecule has 4 atom stereocenters. The minimum atomic E-state index is -1.39. The zero-order valence-electron chi connectivity index (χ0n) is 37.6. The van der Waals surface area contributed by atoms with E-state index in [1.165, 1.54) is 0 Å². The third-order valence-corrected chi connectivity index (χ3v) is 14.8. The zero-order chi connectivity index (χ0) is 43.8. The van der Waals surface area contributed by atoms with E-state index in [1.54, 1.807) is 25.4 Å². The summed E-state index contributed by atoms with van der Waals surface area (Å²) in [5.41, 5.74) is 2.10. The molecule has 0 aliphatic carbocycles. The first-order valence-corrected chi connectivity index (χ1v) is 28.8. The van der Waals surface area contributed by atoms with Gasteiger partial charge in [0.1, 0.15) is 30.6 Å². The number of hydrogen-bond acceptors (Lipinski definition) is 11. The molecule has 3 aliphatic heterocycles. The van der Waals surface area contributed by atoms with Gasteiger partial charge in [-0.2, -0.15) is 9.61 Å². The number of aromatic nitrogens is 4. The Bertz CT molecular complexity index is 2040. The van der Waals surface area contributed by atoms with Gasteiger partial charge in [-0.05, 0) is 78.5 Å². The van der Waals surface area contributed by atoms with Gasteiger partial charge in [-0.1, -0.05) is 51.9 Å². The topological polar surface area (TPSA) is 162 Å². The van der Waals surface area contributed by atoms with Crippen LogP contribution in [0.15, 0.2) is 31.1 Å². The van der Waals surface area contributed by atoms with Gasteiger partial charge < -0.3 is 34.1 Å². The van der Waals surface area contributed by atoms with E-state index < -0.39 is 39.2 Å². The number of imide groups is 1. The van der Waals surface area contributed by atoms with Gasteiger partial charge in [0.2, 0.25) is 0 Å². The largest absolute Gasteiger partial charge is 0.494 e. The molecule has 0 radical (unpaired) electrons. The predicted molar refractivity (Wildman–Crippen MR) is 238 cm³/mol. The van der Waals surface area contributed by atoms with Crippen molar-refractivity contribution in [3.8, 4) is 11.1 Å². The highest BCUT2D eigenvalue weighted by Gasteiger charge is 2.47. The summed E-state index contributed by atoms with van der Waals surface area (Å²) < 4.78 is 27.0. The van der Waals surface area contributed by atoms with Gasteiger partial charge >= 0.3 is 12.1 Å². The van der Waals surface area contributed by atoms with Crippen LogP contribution in [0.4, 0.5) is 15.4 Å². The van der Waals surface area contributed by atoms with Crippen LogP contribution in [0.2, 0.25) is 51.4 Å². The van der Waals surface area contributed by atoms with Crippen molar-refractivity contribution in [1.82, 2.24) is 35.1 Å². The van der Waals surface area contributed by atoms with Crippen molar-refractivity contribution in [2.75, 3.05) is 38.2 Å². The Hall–Kier alpha value is -4.33. The van der Waals surface area contributed by atoms with Crippen LogP contribution in [0.3, 0.4) is 0 Å². The van der Waals surface area contributed by atoms with Gasteiger partial charge in [-0.3, -0.25) is 15.1 Å². The first-order chi connectivity index (χ1) is 28.1. The van der Waals surface area contributed by atoms with Crippen LogP contribution in [-0.4, -0.2) is 110 Å². The van der Waals surface area contributed by atoms with Crippen LogP contribution in [0.5, 0.6) is 0 Å². The summed E-state index contributed by atoms with van der Waals surface area (Å²) in [4.78, 5) is 52.6. The number of pyridine rings is 1. The number of ether oxygens (including phenoxy) is 4. The summed E-state index contributed by atoms with van der Waals surface area (Å²) >= 11 is 0. The van der Waals surface area contributed by atoms with Crippen molar-refractivity contribution in [1.29, 1.82) is 0 Å². The molecule has 2 N–H and O–H groups in total. The zero-order valence-corrected chi connectivity index (χ0v) is 39.6. The maximum Gasteiger partial charge on any atom is 0.410 e. The van der Waals surface area contributed by atoms with Gasteiger partial charge in [-0.15, -0.1) is 0 Å². The summed E-state index contributed by atoms with van der Waals surface area (Å²) in [7, 11) is -2.77. The molecule has 0 spiro atoms. The van der Waals surface area contributed by atoms with Gasteiger partial charge in [0.15, 0.2) is 11.2 Å². The lowest BCUT2D eigenvalue weighted by Gasteiger charge is -2.40. The van der Waals surface area contributed by atoms with E-state index in [4.69, 9.17) is 29.0 Å². The second kappa shape index (κ2) is 17.6. The fourth-order valence-electron chi connectivity index (χ4n) is 8.15. The van der Waals surface area contributed by atoms with Gasteiger partial charge in [0.05, 0.1) is 29.8 Å². The van der Waals surface area contributed by atoms with E-state index in [1.807, 2.05) is 43.2 Å². The number of urea groups is 1. The maximum absolute atomic E-state index is 13.6. The number of carbonyl (C=O) groups excluding carboxylic acids is 3. The minimum absolute atomic E-state index is 0.0139. The molecule has 3 fully saturated rings. The number of nitrogens with one attached hydrogen (secondary N) is 2. The molecule has 15 nitrogen and oxygen atoms in total. The van der Waals surface area contributed by atoms with Crippen LogP contribution < -0.4 is 15.5 Å². The monoisotopic (exact) mass is 862 g/mol. The molecule has 3 saturated heterocycles. The minimum Gasteiger partial charge on any atom is -0.494 e. The number of nitrogens with zero attached hydrogens (tertiary/aromatic N) is 6. The predicted octanol–water partition coefficient (Wildman–Crippen LogP) is 7.93. The summed E-state index contributed by atoms with van der Waals surface area (Å²) in [6, 6.07) is 5.03. The Morgan fingerprint density at radius 1 is 0.983 bits per heavy atom. The van der Waals surface area contributed by atoms with E-state index in [0.717, 1.165) is 47.3 Å². The van der Waals surface area contributed by atoms with Gasteiger partial charge in [-0.25, -0.2) is 14.6 Å². The molecule has 0 aromatic carbocycles. The van der Waals surface area contributed by atoms with E-state index in [9.17, 15) is 14.4 Å². The highest BCUT2D eigenvalue weighted by atomic mass is 28.3. The lowest BCUT2D eigenvalue weighted by molar-refractivity contribution is -0.123. The first kappa shape index (κ1) is 45.2. The van der Waals surface area contributed by atoms with Crippen molar-refractivity contribution < 1.29 is 33.3 Å². The molecular weight excluding hydrogens is 797 g/mol. The van der Waals surface area contributed by atoms with Crippen LogP contribution in [0.1, 0.15) is 83.2 Å².